The number of rotatable bonds is 4. The molecule has 0 radical (unpaired) electrons. The first kappa shape index (κ1) is 15.9. The fraction of sp³-hybridized carbons (Fsp3) is 0.235. The summed E-state index contributed by atoms with van der Waals surface area (Å²) >= 11 is 7.61. The van der Waals surface area contributed by atoms with Gasteiger partial charge in [-0.15, -0.1) is 0 Å². The lowest BCUT2D eigenvalue weighted by molar-refractivity contribution is -0.118. The van der Waals surface area contributed by atoms with Crippen molar-refractivity contribution in [3.8, 4) is 0 Å². The van der Waals surface area contributed by atoms with E-state index in [1.807, 2.05) is 38.1 Å². The smallest absolute Gasteiger partial charge is 0.228 e. The number of amides is 1. The number of hydrogen-bond acceptors (Lipinski definition) is 4. The third-order valence-corrected chi connectivity index (χ3v) is 4.78. The number of anilines is 1. The summed E-state index contributed by atoms with van der Waals surface area (Å²) in [6.07, 6.45) is 3.92. The van der Waals surface area contributed by atoms with E-state index in [4.69, 9.17) is 11.6 Å². The average molecular weight is 346 g/mol. The van der Waals surface area contributed by atoms with Gasteiger partial charge < -0.3 is 0 Å². The van der Waals surface area contributed by atoms with E-state index in [0.29, 0.717) is 23.1 Å². The molecule has 0 saturated heterocycles. The molecule has 4 nitrogen and oxygen atoms in total. The highest BCUT2D eigenvalue weighted by atomic mass is 35.5. The molecule has 0 atom stereocenters. The summed E-state index contributed by atoms with van der Waals surface area (Å²) in [5.74, 6) is 0.0386. The molecule has 0 aliphatic carbocycles. The molecule has 1 amide bonds. The fourth-order valence-electron chi connectivity index (χ4n) is 2.39. The van der Waals surface area contributed by atoms with Crippen molar-refractivity contribution in [1.29, 1.82) is 0 Å². The van der Waals surface area contributed by atoms with Gasteiger partial charge in [-0.1, -0.05) is 35.9 Å². The van der Waals surface area contributed by atoms with E-state index < -0.39 is 0 Å². The van der Waals surface area contributed by atoms with Gasteiger partial charge in [-0.2, -0.15) is 0 Å². The molecule has 118 valence electrons. The molecular weight excluding hydrogens is 330 g/mol. The Balaban J connectivity index is 2.03. The van der Waals surface area contributed by atoms with E-state index in [1.54, 1.807) is 17.3 Å². The van der Waals surface area contributed by atoms with E-state index in [9.17, 15) is 4.79 Å². The number of hydrogen-bond donors (Lipinski definition) is 0. The van der Waals surface area contributed by atoms with Crippen LogP contribution in [0.3, 0.4) is 0 Å². The fourth-order valence-corrected chi connectivity index (χ4v) is 3.82. The van der Waals surface area contributed by atoms with Crippen LogP contribution in [0.5, 0.6) is 0 Å². The lowest BCUT2D eigenvalue weighted by Gasteiger charge is -2.19. The summed E-state index contributed by atoms with van der Waals surface area (Å²) in [5, 5.41) is 1.38. The molecule has 0 aliphatic rings. The number of fused-ring (bicyclic) bond motifs is 1. The van der Waals surface area contributed by atoms with Crippen LogP contribution in [0.1, 0.15) is 24.5 Å². The normalized spacial score (nSPS) is 10.9. The van der Waals surface area contributed by atoms with Crippen molar-refractivity contribution in [2.75, 3.05) is 4.90 Å². The second kappa shape index (κ2) is 6.64. The van der Waals surface area contributed by atoms with Crippen molar-refractivity contribution in [2.24, 2.45) is 0 Å². The predicted molar refractivity (Wildman–Crippen MR) is 95.1 cm³/mol. The summed E-state index contributed by atoms with van der Waals surface area (Å²) in [6, 6.07) is 7.61. The summed E-state index contributed by atoms with van der Waals surface area (Å²) in [6.45, 7) is 4.30. The van der Waals surface area contributed by atoms with Crippen LogP contribution in [0.15, 0.2) is 36.7 Å². The first-order valence-electron chi connectivity index (χ1n) is 7.34. The van der Waals surface area contributed by atoms with Gasteiger partial charge in [0, 0.05) is 23.8 Å². The van der Waals surface area contributed by atoms with Gasteiger partial charge in [0.1, 0.15) is 0 Å². The zero-order valence-electron chi connectivity index (χ0n) is 12.9. The Morgan fingerprint density at radius 3 is 2.91 bits per heavy atom. The maximum atomic E-state index is 12.4. The van der Waals surface area contributed by atoms with Crippen LogP contribution in [0.2, 0.25) is 5.02 Å². The van der Waals surface area contributed by atoms with Gasteiger partial charge in [-0.3, -0.25) is 14.7 Å². The van der Waals surface area contributed by atoms with Crippen LogP contribution in [-0.4, -0.2) is 15.9 Å². The van der Waals surface area contributed by atoms with Gasteiger partial charge in [0.2, 0.25) is 5.91 Å². The van der Waals surface area contributed by atoms with Crippen molar-refractivity contribution >= 4 is 44.2 Å². The Bertz CT molecular complexity index is 848. The molecule has 3 rings (SSSR count). The molecule has 6 heteroatoms. The van der Waals surface area contributed by atoms with Crippen molar-refractivity contribution in [3.05, 3.63) is 52.8 Å². The average Bonchev–Trinajstić information content (AvgIpc) is 2.97. The van der Waals surface area contributed by atoms with Crippen molar-refractivity contribution in [1.82, 2.24) is 9.97 Å². The maximum absolute atomic E-state index is 12.4. The van der Waals surface area contributed by atoms with Gasteiger partial charge in [0.15, 0.2) is 5.13 Å². The number of pyridine rings is 1. The highest BCUT2D eigenvalue weighted by molar-refractivity contribution is 7.22. The van der Waals surface area contributed by atoms with E-state index in [-0.39, 0.29) is 5.91 Å². The molecule has 0 N–H and O–H groups in total. The van der Waals surface area contributed by atoms with E-state index >= 15 is 0 Å². The zero-order valence-corrected chi connectivity index (χ0v) is 14.5. The van der Waals surface area contributed by atoms with Crippen LogP contribution in [0.4, 0.5) is 5.13 Å². The number of carbonyl (C=O) groups is 1. The molecule has 0 saturated carbocycles. The Hall–Kier alpha value is -1.98. The van der Waals surface area contributed by atoms with E-state index in [1.165, 1.54) is 11.3 Å². The van der Waals surface area contributed by atoms with Gasteiger partial charge in [-0.05, 0) is 36.2 Å². The Morgan fingerprint density at radius 2 is 2.22 bits per heavy atom. The van der Waals surface area contributed by atoms with Crippen LogP contribution >= 0.6 is 22.9 Å². The van der Waals surface area contributed by atoms with Gasteiger partial charge in [-0.25, -0.2) is 4.98 Å². The first-order chi connectivity index (χ1) is 11.1. The highest BCUT2D eigenvalue weighted by Crippen LogP contribution is 2.33. The second-order valence-corrected chi connectivity index (χ2v) is 6.71. The van der Waals surface area contributed by atoms with Crippen molar-refractivity contribution in [3.63, 3.8) is 0 Å². The number of carbonyl (C=O) groups excluding carboxylic acids is 1. The molecular formula is C17H16ClN3OS. The Kier molecular flexibility index (Phi) is 4.59. The minimum atomic E-state index is 0.0386. The maximum Gasteiger partial charge on any atom is 0.228 e. The third kappa shape index (κ3) is 3.35. The summed E-state index contributed by atoms with van der Waals surface area (Å²) < 4.78 is 0.991. The number of aromatic nitrogens is 2. The molecule has 1 aromatic carbocycles. The lowest BCUT2D eigenvalue weighted by Crippen LogP contribution is -2.29. The second-order valence-electron chi connectivity index (χ2n) is 5.26. The number of thiazole rings is 1. The van der Waals surface area contributed by atoms with Crippen LogP contribution < -0.4 is 4.90 Å². The van der Waals surface area contributed by atoms with Crippen LogP contribution in [-0.2, 0) is 11.3 Å². The molecule has 0 unspecified atom stereocenters. The van der Waals surface area contributed by atoms with Gasteiger partial charge in [0.25, 0.3) is 0 Å². The first-order valence-corrected chi connectivity index (χ1v) is 8.54. The minimum Gasteiger partial charge on any atom is -0.284 e. The summed E-state index contributed by atoms with van der Waals surface area (Å²) in [7, 11) is 0. The largest absolute Gasteiger partial charge is 0.284 e. The Morgan fingerprint density at radius 1 is 1.39 bits per heavy atom. The number of aryl methyl sites for hydroxylation is 1. The molecule has 3 aromatic rings. The van der Waals surface area contributed by atoms with E-state index in [0.717, 1.165) is 21.3 Å². The van der Waals surface area contributed by atoms with Gasteiger partial charge >= 0.3 is 0 Å². The molecule has 0 fully saturated rings. The quantitative estimate of drug-likeness (QED) is 0.694. The van der Waals surface area contributed by atoms with Gasteiger partial charge in [0.05, 0.1) is 16.8 Å². The molecule has 0 aliphatic heterocycles. The number of nitrogens with zero attached hydrogens (tertiary/aromatic N) is 3. The van der Waals surface area contributed by atoms with Crippen LogP contribution in [0, 0.1) is 6.92 Å². The Labute approximate surface area is 143 Å². The molecule has 2 aromatic heterocycles. The molecule has 0 spiro atoms. The van der Waals surface area contributed by atoms with Crippen molar-refractivity contribution in [2.45, 2.75) is 26.8 Å². The molecule has 2 heterocycles. The number of benzene rings is 1. The molecule has 23 heavy (non-hydrogen) atoms. The third-order valence-electron chi connectivity index (χ3n) is 3.54. The highest BCUT2D eigenvalue weighted by Gasteiger charge is 2.19. The summed E-state index contributed by atoms with van der Waals surface area (Å²) in [5.41, 5.74) is 2.89. The summed E-state index contributed by atoms with van der Waals surface area (Å²) in [4.78, 5) is 22.9. The monoisotopic (exact) mass is 345 g/mol. The lowest BCUT2D eigenvalue weighted by atomic mass is 10.2. The van der Waals surface area contributed by atoms with Crippen molar-refractivity contribution < 1.29 is 4.79 Å². The zero-order chi connectivity index (χ0) is 16.4. The topological polar surface area (TPSA) is 46.1 Å². The van der Waals surface area contributed by atoms with E-state index in [2.05, 4.69) is 9.97 Å². The molecule has 0 bridgehead atoms. The SMILES string of the molecule is CCC(=O)N(Cc1cccnc1)c1nc2c(C)cc(Cl)cc2s1. The number of halogens is 1. The minimum absolute atomic E-state index is 0.0386. The van der Waals surface area contributed by atoms with Crippen LogP contribution in [0.25, 0.3) is 10.2 Å². The predicted octanol–water partition coefficient (Wildman–Crippen LogP) is 4.60. The standard InChI is InChI=1S/C17H16ClN3OS/c1-3-15(22)21(10-12-5-4-6-19-9-12)17-20-16-11(2)7-13(18)8-14(16)23-17/h4-9H,3,10H2,1-2H3.